The van der Waals surface area contributed by atoms with E-state index in [9.17, 15) is 9.59 Å². The molecule has 0 aliphatic carbocycles. The lowest BCUT2D eigenvalue weighted by atomic mass is 9.99. The highest BCUT2D eigenvalue weighted by atomic mass is 16.6. The molecule has 5 heteroatoms. The van der Waals surface area contributed by atoms with Crippen molar-refractivity contribution in [3.63, 3.8) is 0 Å². The van der Waals surface area contributed by atoms with Crippen LogP contribution >= 0.6 is 0 Å². The summed E-state index contributed by atoms with van der Waals surface area (Å²) in [6.45, 7) is 6.73. The second kappa shape index (κ2) is 4.53. The Morgan fingerprint density at radius 1 is 1.44 bits per heavy atom. The Balaban J connectivity index is 1.92. The second-order valence-electron chi connectivity index (χ2n) is 6.17. The monoisotopic (exact) mass is 255 g/mol. The van der Waals surface area contributed by atoms with Gasteiger partial charge in [-0.05, 0) is 40.0 Å². The van der Waals surface area contributed by atoms with E-state index in [1.807, 2.05) is 20.8 Å². The fraction of sp³-hybridized carbons (Fsp3) is 0.846. The number of rotatable bonds is 1. The maximum absolute atomic E-state index is 11.9. The Morgan fingerprint density at radius 2 is 2.17 bits per heavy atom. The largest absolute Gasteiger partial charge is 0.444 e. The standard InChI is InChI=1S/C13H21NO4/c1-12(2,3)18-11(16)14-7-6-13(9-14)5-4-10(8-15)17-13/h8,10H,4-7,9H2,1-3H3/t10-,13-/m0/s1. The molecule has 0 aromatic carbocycles. The van der Waals surface area contributed by atoms with E-state index in [-0.39, 0.29) is 17.8 Å². The summed E-state index contributed by atoms with van der Waals surface area (Å²) in [5, 5.41) is 0. The van der Waals surface area contributed by atoms with Gasteiger partial charge in [0.15, 0.2) is 0 Å². The van der Waals surface area contributed by atoms with Crippen LogP contribution in [-0.2, 0) is 14.3 Å². The average Bonchev–Trinajstić information content (AvgIpc) is 2.84. The molecule has 1 spiro atoms. The van der Waals surface area contributed by atoms with Gasteiger partial charge >= 0.3 is 6.09 Å². The summed E-state index contributed by atoms with van der Waals surface area (Å²) in [4.78, 5) is 24.3. The van der Waals surface area contributed by atoms with Gasteiger partial charge in [-0.2, -0.15) is 0 Å². The van der Waals surface area contributed by atoms with Crippen molar-refractivity contribution in [2.75, 3.05) is 13.1 Å². The van der Waals surface area contributed by atoms with Crippen LogP contribution in [0, 0.1) is 0 Å². The third-order valence-corrected chi connectivity index (χ3v) is 3.41. The third-order valence-electron chi connectivity index (χ3n) is 3.41. The maximum Gasteiger partial charge on any atom is 0.410 e. The zero-order chi connectivity index (χ0) is 13.4. The molecule has 2 saturated heterocycles. The minimum atomic E-state index is -0.477. The van der Waals surface area contributed by atoms with E-state index in [4.69, 9.17) is 9.47 Å². The molecule has 0 N–H and O–H groups in total. The first-order valence-electron chi connectivity index (χ1n) is 6.45. The van der Waals surface area contributed by atoms with E-state index < -0.39 is 5.60 Å². The lowest BCUT2D eigenvalue weighted by Crippen LogP contribution is -2.39. The van der Waals surface area contributed by atoms with E-state index in [0.717, 1.165) is 25.5 Å². The summed E-state index contributed by atoms with van der Waals surface area (Å²) in [6, 6.07) is 0. The highest BCUT2D eigenvalue weighted by molar-refractivity contribution is 5.68. The normalized spacial score (nSPS) is 31.9. The predicted molar refractivity (Wildman–Crippen MR) is 65.3 cm³/mol. The molecule has 0 aromatic rings. The molecule has 1 amide bonds. The Hall–Kier alpha value is -1.10. The molecular formula is C13H21NO4. The fourth-order valence-corrected chi connectivity index (χ4v) is 2.57. The van der Waals surface area contributed by atoms with E-state index in [1.165, 1.54) is 0 Å². The number of likely N-dealkylation sites (tertiary alicyclic amines) is 1. The van der Waals surface area contributed by atoms with Crippen LogP contribution in [0.15, 0.2) is 0 Å². The zero-order valence-corrected chi connectivity index (χ0v) is 11.3. The molecule has 2 aliphatic heterocycles. The Morgan fingerprint density at radius 3 is 2.72 bits per heavy atom. The number of ether oxygens (including phenoxy) is 2. The van der Waals surface area contributed by atoms with Gasteiger partial charge < -0.3 is 19.2 Å². The molecule has 0 unspecified atom stereocenters. The molecule has 2 heterocycles. The van der Waals surface area contributed by atoms with Crippen LogP contribution in [-0.4, -0.2) is 47.7 Å². The van der Waals surface area contributed by atoms with Crippen LogP contribution in [0.25, 0.3) is 0 Å². The van der Waals surface area contributed by atoms with Crippen molar-refractivity contribution in [3.05, 3.63) is 0 Å². The second-order valence-corrected chi connectivity index (χ2v) is 6.17. The van der Waals surface area contributed by atoms with Gasteiger partial charge in [0, 0.05) is 6.54 Å². The van der Waals surface area contributed by atoms with Gasteiger partial charge in [0.1, 0.15) is 18.0 Å². The van der Waals surface area contributed by atoms with Gasteiger partial charge in [-0.25, -0.2) is 4.79 Å². The molecular weight excluding hydrogens is 234 g/mol. The van der Waals surface area contributed by atoms with Gasteiger partial charge in [0.05, 0.1) is 12.1 Å². The van der Waals surface area contributed by atoms with E-state index in [0.29, 0.717) is 13.1 Å². The predicted octanol–water partition coefficient (Wildman–Crippen LogP) is 1.74. The van der Waals surface area contributed by atoms with Crippen LogP contribution in [0.3, 0.4) is 0 Å². The van der Waals surface area contributed by atoms with Crippen molar-refractivity contribution in [3.8, 4) is 0 Å². The van der Waals surface area contributed by atoms with Crippen molar-refractivity contribution in [1.29, 1.82) is 0 Å². The Labute approximate surface area is 107 Å². The zero-order valence-electron chi connectivity index (χ0n) is 11.3. The number of aldehydes is 1. The van der Waals surface area contributed by atoms with E-state index in [2.05, 4.69) is 0 Å². The molecule has 0 aromatic heterocycles. The molecule has 0 radical (unpaired) electrons. The number of carbonyl (C=O) groups is 2. The number of hydrogen-bond donors (Lipinski definition) is 0. The highest BCUT2D eigenvalue weighted by Gasteiger charge is 2.47. The van der Waals surface area contributed by atoms with Gasteiger partial charge in [-0.3, -0.25) is 0 Å². The summed E-state index contributed by atoms with van der Waals surface area (Å²) in [6.07, 6.45) is 2.64. The Bertz CT molecular complexity index is 349. The third kappa shape index (κ3) is 2.83. The van der Waals surface area contributed by atoms with Crippen molar-refractivity contribution >= 4 is 12.4 Å². The molecule has 102 valence electrons. The quantitative estimate of drug-likeness (QED) is 0.670. The number of carbonyl (C=O) groups excluding carboxylic acids is 2. The van der Waals surface area contributed by atoms with E-state index in [1.54, 1.807) is 4.90 Å². The van der Waals surface area contributed by atoms with Crippen LogP contribution < -0.4 is 0 Å². The summed E-state index contributed by atoms with van der Waals surface area (Å²) in [5.74, 6) is 0. The smallest absolute Gasteiger partial charge is 0.410 e. The van der Waals surface area contributed by atoms with Crippen molar-refractivity contribution in [2.24, 2.45) is 0 Å². The van der Waals surface area contributed by atoms with Crippen LogP contribution in [0.5, 0.6) is 0 Å². The lowest BCUT2D eigenvalue weighted by molar-refractivity contribution is -0.121. The summed E-state index contributed by atoms with van der Waals surface area (Å²) >= 11 is 0. The van der Waals surface area contributed by atoms with E-state index >= 15 is 0 Å². The molecule has 2 aliphatic rings. The van der Waals surface area contributed by atoms with Crippen LogP contribution in [0.1, 0.15) is 40.0 Å². The van der Waals surface area contributed by atoms with Crippen LogP contribution in [0.2, 0.25) is 0 Å². The number of hydrogen-bond acceptors (Lipinski definition) is 4. The first-order chi connectivity index (χ1) is 8.34. The summed E-state index contributed by atoms with van der Waals surface area (Å²) in [5.41, 5.74) is -0.794. The topological polar surface area (TPSA) is 55.8 Å². The lowest BCUT2D eigenvalue weighted by Gasteiger charge is -2.26. The van der Waals surface area contributed by atoms with Crippen molar-refractivity contribution < 1.29 is 19.1 Å². The fourth-order valence-electron chi connectivity index (χ4n) is 2.57. The number of nitrogens with zero attached hydrogens (tertiary/aromatic N) is 1. The van der Waals surface area contributed by atoms with Gasteiger partial charge in [0.2, 0.25) is 0 Å². The molecule has 5 nitrogen and oxygen atoms in total. The average molecular weight is 255 g/mol. The van der Waals surface area contributed by atoms with Gasteiger partial charge in [-0.1, -0.05) is 0 Å². The molecule has 0 saturated carbocycles. The summed E-state index contributed by atoms with van der Waals surface area (Å²) in [7, 11) is 0. The highest BCUT2D eigenvalue weighted by Crippen LogP contribution is 2.37. The first-order valence-corrected chi connectivity index (χ1v) is 6.45. The van der Waals surface area contributed by atoms with Crippen molar-refractivity contribution in [1.82, 2.24) is 4.90 Å². The van der Waals surface area contributed by atoms with Crippen LogP contribution in [0.4, 0.5) is 4.79 Å². The molecule has 18 heavy (non-hydrogen) atoms. The minimum Gasteiger partial charge on any atom is -0.444 e. The van der Waals surface area contributed by atoms with Gasteiger partial charge in [0.25, 0.3) is 0 Å². The molecule has 2 rings (SSSR count). The molecule has 2 atom stereocenters. The summed E-state index contributed by atoms with van der Waals surface area (Å²) < 4.78 is 11.1. The molecule has 2 fully saturated rings. The Kier molecular flexibility index (Phi) is 3.36. The minimum absolute atomic E-state index is 0.294. The van der Waals surface area contributed by atoms with Crippen molar-refractivity contribution in [2.45, 2.75) is 57.3 Å². The SMILES string of the molecule is CC(C)(C)OC(=O)N1CC[C@@]2(CC[C@@H](C=O)O2)C1. The molecule has 0 bridgehead atoms. The number of amides is 1. The van der Waals surface area contributed by atoms with Gasteiger partial charge in [-0.15, -0.1) is 0 Å². The maximum atomic E-state index is 11.9. The first kappa shape index (κ1) is 13.3.